The number of nitrogens with zero attached hydrogens (tertiary/aromatic N) is 1. The maximum Gasteiger partial charge on any atom is 0.324 e. The van der Waals surface area contributed by atoms with Gasteiger partial charge in [0.25, 0.3) is 5.91 Å². The number of nitrogens with one attached hydrogen (secondary N) is 2. The molecular weight excluding hydrogens is 434 g/mol. The van der Waals surface area contributed by atoms with Gasteiger partial charge in [0, 0.05) is 12.7 Å². The molecule has 0 unspecified atom stereocenters. The van der Waals surface area contributed by atoms with Gasteiger partial charge in [-0.1, -0.05) is 36.4 Å². The minimum absolute atomic E-state index is 0.00496. The Morgan fingerprint density at radius 2 is 1.59 bits per heavy atom. The molecule has 2 aromatic rings. The maximum atomic E-state index is 12.3. The Hall–Kier alpha value is -3.24. The van der Waals surface area contributed by atoms with Crippen LogP contribution >= 0.6 is 0 Å². The van der Waals surface area contributed by atoms with Crippen molar-refractivity contribution >= 4 is 33.5 Å². The molecule has 0 aromatic heterocycles. The first-order valence-corrected chi connectivity index (χ1v) is 11.3. The van der Waals surface area contributed by atoms with E-state index in [1.165, 1.54) is 26.1 Å². The average Bonchev–Trinajstić information content (AvgIpc) is 2.74. The standard InChI is InChI=1S/C22H27N3O6S/c1-15-9-8-10-16(2)21(15)23-19(26)13-25(4)20(27)14-31-22(28)17(3)24-32(29,30)18-11-6-5-7-12-18/h5-12,17,24H,13-14H2,1-4H3,(H,23,26)/t17-/m0/s1. The molecule has 0 saturated carbocycles. The van der Waals surface area contributed by atoms with Crippen molar-refractivity contribution in [3.05, 3.63) is 59.7 Å². The fourth-order valence-electron chi connectivity index (χ4n) is 2.81. The molecule has 2 amide bonds. The molecule has 0 radical (unpaired) electrons. The number of ether oxygens (including phenoxy) is 1. The smallest absolute Gasteiger partial charge is 0.324 e. The van der Waals surface area contributed by atoms with Gasteiger partial charge in [0.1, 0.15) is 6.04 Å². The molecule has 2 aromatic carbocycles. The van der Waals surface area contributed by atoms with E-state index >= 15 is 0 Å². The second kappa shape index (κ2) is 10.9. The fourth-order valence-corrected chi connectivity index (χ4v) is 4.02. The molecule has 172 valence electrons. The molecule has 0 heterocycles. The highest BCUT2D eigenvalue weighted by atomic mass is 32.2. The van der Waals surface area contributed by atoms with E-state index < -0.39 is 40.5 Å². The molecule has 0 saturated heterocycles. The Labute approximate surface area is 187 Å². The van der Waals surface area contributed by atoms with Crippen LogP contribution in [0.15, 0.2) is 53.4 Å². The van der Waals surface area contributed by atoms with E-state index in [4.69, 9.17) is 4.74 Å². The Bertz CT molecular complexity index is 1070. The minimum Gasteiger partial charge on any atom is -0.454 e. The number of esters is 1. The van der Waals surface area contributed by atoms with Gasteiger partial charge in [-0.3, -0.25) is 14.4 Å². The van der Waals surface area contributed by atoms with Gasteiger partial charge in [-0.2, -0.15) is 4.72 Å². The van der Waals surface area contributed by atoms with Gasteiger partial charge in [0.05, 0.1) is 11.4 Å². The molecule has 1 atom stereocenters. The molecular formula is C22H27N3O6S. The monoisotopic (exact) mass is 461 g/mol. The van der Waals surface area contributed by atoms with Crippen molar-refractivity contribution in [1.29, 1.82) is 0 Å². The lowest BCUT2D eigenvalue weighted by Crippen LogP contribution is -2.42. The van der Waals surface area contributed by atoms with Crippen LogP contribution in [0.1, 0.15) is 18.1 Å². The van der Waals surface area contributed by atoms with Gasteiger partial charge >= 0.3 is 5.97 Å². The summed E-state index contributed by atoms with van der Waals surface area (Å²) in [7, 11) is -2.51. The lowest BCUT2D eigenvalue weighted by atomic mass is 10.1. The van der Waals surface area contributed by atoms with E-state index in [1.54, 1.807) is 18.2 Å². The van der Waals surface area contributed by atoms with E-state index in [2.05, 4.69) is 10.0 Å². The maximum absolute atomic E-state index is 12.3. The van der Waals surface area contributed by atoms with Crippen LogP contribution in [0.3, 0.4) is 0 Å². The molecule has 2 rings (SSSR count). The highest BCUT2D eigenvalue weighted by Gasteiger charge is 2.24. The number of para-hydroxylation sites is 1. The highest BCUT2D eigenvalue weighted by molar-refractivity contribution is 7.89. The summed E-state index contributed by atoms with van der Waals surface area (Å²) in [5, 5.41) is 2.77. The summed E-state index contributed by atoms with van der Waals surface area (Å²) >= 11 is 0. The lowest BCUT2D eigenvalue weighted by molar-refractivity contribution is -0.152. The number of carbonyl (C=O) groups is 3. The van der Waals surface area contributed by atoms with Crippen molar-refractivity contribution in [3.63, 3.8) is 0 Å². The van der Waals surface area contributed by atoms with E-state index in [0.29, 0.717) is 5.69 Å². The highest BCUT2D eigenvalue weighted by Crippen LogP contribution is 2.19. The third-order valence-electron chi connectivity index (χ3n) is 4.63. The van der Waals surface area contributed by atoms with Crippen LogP contribution < -0.4 is 10.0 Å². The Kier molecular flexibility index (Phi) is 8.50. The summed E-state index contributed by atoms with van der Waals surface area (Å²) in [6, 6.07) is 12.0. The topological polar surface area (TPSA) is 122 Å². The van der Waals surface area contributed by atoms with Crippen molar-refractivity contribution in [2.75, 3.05) is 25.5 Å². The van der Waals surface area contributed by atoms with E-state index in [-0.39, 0.29) is 11.4 Å². The second-order valence-electron chi connectivity index (χ2n) is 7.33. The number of benzene rings is 2. The summed E-state index contributed by atoms with van der Waals surface area (Å²) in [6.07, 6.45) is 0. The molecule has 9 nitrogen and oxygen atoms in total. The van der Waals surface area contributed by atoms with E-state index in [1.807, 2.05) is 32.0 Å². The number of hydrogen-bond acceptors (Lipinski definition) is 6. The van der Waals surface area contributed by atoms with Crippen molar-refractivity contribution in [2.24, 2.45) is 0 Å². The van der Waals surface area contributed by atoms with Crippen LogP contribution in [0.5, 0.6) is 0 Å². The van der Waals surface area contributed by atoms with Crippen molar-refractivity contribution in [3.8, 4) is 0 Å². The number of rotatable bonds is 9. The molecule has 0 spiro atoms. The van der Waals surface area contributed by atoms with Crippen LogP contribution in [0, 0.1) is 13.8 Å². The number of likely N-dealkylation sites (N-methyl/N-ethyl adjacent to an activating group) is 1. The number of amides is 2. The first kappa shape index (κ1) is 25.0. The zero-order chi connectivity index (χ0) is 23.9. The van der Waals surface area contributed by atoms with Crippen LogP contribution in [-0.4, -0.2) is 57.3 Å². The van der Waals surface area contributed by atoms with Crippen LogP contribution in [0.4, 0.5) is 5.69 Å². The Balaban J connectivity index is 1.84. The number of hydrogen-bond donors (Lipinski definition) is 2. The first-order chi connectivity index (χ1) is 15.0. The van der Waals surface area contributed by atoms with Gasteiger partial charge < -0.3 is 15.0 Å². The zero-order valence-corrected chi connectivity index (χ0v) is 19.2. The van der Waals surface area contributed by atoms with Gasteiger partial charge in [-0.15, -0.1) is 0 Å². The summed E-state index contributed by atoms with van der Waals surface area (Å²) in [4.78, 5) is 37.8. The lowest BCUT2D eigenvalue weighted by Gasteiger charge is -2.19. The average molecular weight is 462 g/mol. The van der Waals surface area contributed by atoms with Crippen molar-refractivity contribution < 1.29 is 27.5 Å². The molecule has 0 aliphatic heterocycles. The Morgan fingerprint density at radius 1 is 1.00 bits per heavy atom. The minimum atomic E-state index is -3.91. The molecule has 0 aliphatic carbocycles. The van der Waals surface area contributed by atoms with Crippen molar-refractivity contribution in [2.45, 2.75) is 31.7 Å². The molecule has 0 bridgehead atoms. The van der Waals surface area contributed by atoms with Crippen molar-refractivity contribution in [1.82, 2.24) is 9.62 Å². The zero-order valence-electron chi connectivity index (χ0n) is 18.4. The van der Waals surface area contributed by atoms with Gasteiger partial charge in [0.15, 0.2) is 6.61 Å². The molecule has 0 aliphatic rings. The van der Waals surface area contributed by atoms with Crippen LogP contribution in [-0.2, 0) is 29.1 Å². The molecule has 2 N–H and O–H groups in total. The van der Waals surface area contributed by atoms with Gasteiger partial charge in [-0.05, 0) is 44.0 Å². The number of sulfonamides is 1. The summed E-state index contributed by atoms with van der Waals surface area (Å²) < 4.78 is 31.7. The summed E-state index contributed by atoms with van der Waals surface area (Å²) in [6.45, 7) is 4.19. The van der Waals surface area contributed by atoms with E-state index in [0.717, 1.165) is 16.0 Å². The quantitative estimate of drug-likeness (QED) is 0.547. The van der Waals surface area contributed by atoms with E-state index in [9.17, 15) is 22.8 Å². The van der Waals surface area contributed by atoms with Gasteiger partial charge in [0.2, 0.25) is 15.9 Å². The third kappa shape index (κ3) is 6.89. The number of carbonyl (C=O) groups excluding carboxylic acids is 3. The Morgan fingerprint density at radius 3 is 2.19 bits per heavy atom. The predicted octanol–water partition coefficient (Wildman–Crippen LogP) is 1.61. The fraction of sp³-hybridized carbons (Fsp3) is 0.318. The summed E-state index contributed by atoms with van der Waals surface area (Å²) in [5.74, 6) is -1.91. The predicted molar refractivity (Wildman–Crippen MR) is 119 cm³/mol. The number of anilines is 1. The van der Waals surface area contributed by atoms with Crippen LogP contribution in [0.2, 0.25) is 0 Å². The summed E-state index contributed by atoms with van der Waals surface area (Å²) in [5.41, 5.74) is 2.48. The normalized spacial score (nSPS) is 12.0. The largest absolute Gasteiger partial charge is 0.454 e. The van der Waals surface area contributed by atoms with Gasteiger partial charge in [-0.25, -0.2) is 8.42 Å². The van der Waals surface area contributed by atoms with Crippen LogP contribution in [0.25, 0.3) is 0 Å². The second-order valence-corrected chi connectivity index (χ2v) is 9.04. The number of aryl methyl sites for hydroxylation is 2. The third-order valence-corrected chi connectivity index (χ3v) is 6.19. The molecule has 0 fully saturated rings. The SMILES string of the molecule is Cc1cccc(C)c1NC(=O)CN(C)C(=O)COC(=O)[C@H](C)NS(=O)(=O)c1ccccc1. The first-order valence-electron chi connectivity index (χ1n) is 9.85. The molecule has 32 heavy (non-hydrogen) atoms. The molecule has 10 heteroatoms.